The fourth-order valence-corrected chi connectivity index (χ4v) is 5.04. The van der Waals surface area contributed by atoms with Crippen LogP contribution in [0.3, 0.4) is 0 Å². The highest BCUT2D eigenvalue weighted by atomic mass is 16.5. The molecule has 1 heterocycles. The molecule has 1 amide bonds. The first kappa shape index (κ1) is 24.7. The van der Waals surface area contributed by atoms with Crippen LogP contribution in [0.5, 0.6) is 0 Å². The highest BCUT2D eigenvalue weighted by Crippen LogP contribution is 2.31. The summed E-state index contributed by atoms with van der Waals surface area (Å²) in [5.74, 6) is -0.862. The molecule has 0 aliphatic carbocycles. The lowest BCUT2D eigenvalue weighted by atomic mass is 9.87. The lowest BCUT2D eigenvalue weighted by Crippen LogP contribution is -2.55. The molecule has 0 bridgehead atoms. The maximum atomic E-state index is 14.0. The molecule has 1 fully saturated rings. The minimum Gasteiger partial charge on any atom is -0.467 e. The number of esters is 1. The number of ether oxygens (including phenoxy) is 1. The van der Waals surface area contributed by atoms with Gasteiger partial charge in [0.2, 0.25) is 5.91 Å². The van der Waals surface area contributed by atoms with Gasteiger partial charge in [-0.05, 0) is 43.0 Å². The molecular formula is C30H34N2O3. The molecule has 0 saturated carbocycles. The van der Waals surface area contributed by atoms with Crippen molar-refractivity contribution in [2.45, 2.75) is 37.3 Å². The Morgan fingerprint density at radius 1 is 0.914 bits per heavy atom. The number of nitrogens with zero attached hydrogens (tertiary/aromatic N) is 2. The predicted molar refractivity (Wildman–Crippen MR) is 138 cm³/mol. The lowest BCUT2D eigenvalue weighted by molar-refractivity contribution is -0.156. The second-order valence-corrected chi connectivity index (χ2v) is 9.22. The number of likely N-dealkylation sites (tertiary alicyclic amines) is 1. The zero-order valence-electron chi connectivity index (χ0n) is 20.5. The van der Waals surface area contributed by atoms with Crippen LogP contribution in [0.15, 0.2) is 91.0 Å². The molecule has 1 aliphatic heterocycles. The van der Waals surface area contributed by atoms with Gasteiger partial charge in [0, 0.05) is 19.1 Å². The van der Waals surface area contributed by atoms with Crippen molar-refractivity contribution >= 4 is 11.9 Å². The quantitative estimate of drug-likeness (QED) is 0.454. The van der Waals surface area contributed by atoms with Crippen molar-refractivity contribution in [3.05, 3.63) is 108 Å². The Balaban J connectivity index is 1.53. The third-order valence-electron chi connectivity index (χ3n) is 7.06. The van der Waals surface area contributed by atoms with E-state index in [9.17, 15) is 9.59 Å². The number of hydrogen-bond acceptors (Lipinski definition) is 4. The van der Waals surface area contributed by atoms with Gasteiger partial charge in [0.05, 0.1) is 13.0 Å². The Morgan fingerprint density at radius 3 is 2.00 bits per heavy atom. The number of hydrogen-bond donors (Lipinski definition) is 0. The maximum Gasteiger partial charge on any atom is 0.328 e. The molecule has 3 aromatic rings. The fraction of sp³-hybridized carbons (Fsp3) is 0.333. The average Bonchev–Trinajstić information content (AvgIpc) is 2.92. The van der Waals surface area contributed by atoms with Crippen molar-refractivity contribution in [3.8, 4) is 0 Å². The number of amides is 1. The van der Waals surface area contributed by atoms with Crippen LogP contribution in [0.1, 0.15) is 35.4 Å². The summed E-state index contributed by atoms with van der Waals surface area (Å²) in [6.07, 6.45) is 2.34. The monoisotopic (exact) mass is 470 g/mol. The molecule has 2 unspecified atom stereocenters. The number of likely N-dealkylation sites (N-methyl/N-ethyl adjacent to an activating group) is 1. The molecule has 0 radical (unpaired) electrons. The van der Waals surface area contributed by atoms with Crippen molar-refractivity contribution in [2.24, 2.45) is 0 Å². The van der Waals surface area contributed by atoms with Crippen molar-refractivity contribution in [2.75, 3.05) is 27.2 Å². The average molecular weight is 471 g/mol. The summed E-state index contributed by atoms with van der Waals surface area (Å²) < 4.78 is 5.17. The molecule has 0 spiro atoms. The molecule has 35 heavy (non-hydrogen) atoms. The van der Waals surface area contributed by atoms with E-state index in [1.165, 1.54) is 12.7 Å². The fourth-order valence-electron chi connectivity index (χ4n) is 5.04. The molecule has 5 nitrogen and oxygen atoms in total. The zero-order valence-corrected chi connectivity index (χ0v) is 20.5. The van der Waals surface area contributed by atoms with E-state index in [0.717, 1.165) is 30.5 Å². The van der Waals surface area contributed by atoms with E-state index in [-0.39, 0.29) is 17.9 Å². The number of piperidine rings is 1. The van der Waals surface area contributed by atoms with Gasteiger partial charge in [-0.3, -0.25) is 4.79 Å². The summed E-state index contributed by atoms with van der Waals surface area (Å²) in [5, 5.41) is 0. The Morgan fingerprint density at radius 2 is 1.46 bits per heavy atom. The van der Waals surface area contributed by atoms with Gasteiger partial charge in [-0.1, -0.05) is 91.0 Å². The number of methoxy groups -OCH3 is 1. The van der Waals surface area contributed by atoms with Gasteiger partial charge in [0.15, 0.2) is 0 Å². The van der Waals surface area contributed by atoms with E-state index >= 15 is 0 Å². The van der Waals surface area contributed by atoms with Crippen molar-refractivity contribution < 1.29 is 14.3 Å². The molecule has 182 valence electrons. The standard InChI is InChI=1S/C30H34N2O3/c1-31(20-18-23-12-6-3-7-13-23)26-19-21-32(27(22-26)30(34)35-2)29(33)28(24-14-8-4-9-15-24)25-16-10-5-11-17-25/h3-17,26-28H,18-22H2,1-2H3. The first-order valence-electron chi connectivity index (χ1n) is 12.3. The van der Waals surface area contributed by atoms with Crippen molar-refractivity contribution in [1.29, 1.82) is 0 Å². The summed E-state index contributed by atoms with van der Waals surface area (Å²) in [7, 11) is 3.51. The Hall–Kier alpha value is -3.44. The van der Waals surface area contributed by atoms with Crippen LogP contribution in [0.4, 0.5) is 0 Å². The number of rotatable bonds is 8. The van der Waals surface area contributed by atoms with E-state index in [0.29, 0.717) is 13.0 Å². The van der Waals surface area contributed by atoms with Gasteiger partial charge >= 0.3 is 5.97 Å². The van der Waals surface area contributed by atoms with Gasteiger partial charge in [-0.25, -0.2) is 4.79 Å². The zero-order chi connectivity index (χ0) is 24.6. The largest absolute Gasteiger partial charge is 0.467 e. The van der Waals surface area contributed by atoms with Gasteiger partial charge < -0.3 is 14.5 Å². The van der Waals surface area contributed by atoms with E-state index in [1.807, 2.05) is 66.7 Å². The summed E-state index contributed by atoms with van der Waals surface area (Å²) >= 11 is 0. The first-order chi connectivity index (χ1) is 17.1. The highest BCUT2D eigenvalue weighted by Gasteiger charge is 2.40. The van der Waals surface area contributed by atoms with Crippen molar-refractivity contribution in [1.82, 2.24) is 9.80 Å². The van der Waals surface area contributed by atoms with Gasteiger partial charge in [0.1, 0.15) is 6.04 Å². The van der Waals surface area contributed by atoms with Gasteiger partial charge in [0.25, 0.3) is 0 Å². The second kappa shape index (κ2) is 11.8. The summed E-state index contributed by atoms with van der Waals surface area (Å²) in [6.45, 7) is 1.42. The van der Waals surface area contributed by atoms with Gasteiger partial charge in [-0.2, -0.15) is 0 Å². The second-order valence-electron chi connectivity index (χ2n) is 9.22. The Bertz CT molecular complexity index is 1050. The third-order valence-corrected chi connectivity index (χ3v) is 7.06. The minimum absolute atomic E-state index is 0.0526. The SMILES string of the molecule is COC(=O)C1CC(N(C)CCc2ccccc2)CCN1C(=O)C(c1ccccc1)c1ccccc1. The maximum absolute atomic E-state index is 14.0. The normalized spacial score (nSPS) is 18.0. The molecule has 0 N–H and O–H groups in total. The molecule has 0 aromatic heterocycles. The highest BCUT2D eigenvalue weighted by molar-refractivity contribution is 5.91. The van der Waals surface area contributed by atoms with Crippen molar-refractivity contribution in [3.63, 3.8) is 0 Å². The van der Waals surface area contributed by atoms with Crippen LogP contribution >= 0.6 is 0 Å². The number of carbonyl (C=O) groups excluding carboxylic acids is 2. The molecule has 2 atom stereocenters. The molecule has 5 heteroatoms. The third kappa shape index (κ3) is 5.98. The van der Waals surface area contributed by atoms with Crippen LogP contribution in [0, 0.1) is 0 Å². The van der Waals surface area contributed by atoms with E-state index in [4.69, 9.17) is 4.74 Å². The van der Waals surface area contributed by atoms with E-state index < -0.39 is 12.0 Å². The van der Waals surface area contributed by atoms with Crippen LogP contribution < -0.4 is 0 Å². The van der Waals surface area contributed by atoms with Crippen LogP contribution in [-0.4, -0.2) is 61.0 Å². The topological polar surface area (TPSA) is 49.9 Å². The summed E-state index contributed by atoms with van der Waals surface area (Å²) in [4.78, 5) is 31.0. The molecular weight excluding hydrogens is 436 g/mol. The molecule has 3 aromatic carbocycles. The van der Waals surface area contributed by atoms with Crippen LogP contribution in [0.2, 0.25) is 0 Å². The number of carbonyl (C=O) groups is 2. The lowest BCUT2D eigenvalue weighted by Gasteiger charge is -2.42. The Kier molecular flexibility index (Phi) is 8.32. The van der Waals surface area contributed by atoms with E-state index in [1.54, 1.807) is 4.90 Å². The van der Waals surface area contributed by atoms with E-state index in [2.05, 4.69) is 36.2 Å². The van der Waals surface area contributed by atoms with Gasteiger partial charge in [-0.15, -0.1) is 0 Å². The molecule has 1 aliphatic rings. The smallest absolute Gasteiger partial charge is 0.328 e. The summed E-state index contributed by atoms with van der Waals surface area (Å²) in [5.41, 5.74) is 3.15. The van der Waals surface area contributed by atoms with Crippen LogP contribution in [-0.2, 0) is 20.7 Å². The molecule has 1 saturated heterocycles. The molecule has 4 rings (SSSR count). The predicted octanol–water partition coefficient (Wildman–Crippen LogP) is 4.53. The first-order valence-corrected chi connectivity index (χ1v) is 12.3. The summed E-state index contributed by atoms with van der Waals surface area (Å²) in [6, 6.07) is 29.6. The Labute approximate surface area is 208 Å². The minimum atomic E-state index is -0.597. The van der Waals surface area contributed by atoms with Crippen LogP contribution in [0.25, 0.3) is 0 Å². The number of benzene rings is 3.